The molecule has 2 aromatic rings. The van der Waals surface area contributed by atoms with Crippen molar-refractivity contribution in [1.82, 2.24) is 10.2 Å². The first-order valence-corrected chi connectivity index (χ1v) is 15.9. The van der Waals surface area contributed by atoms with Crippen LogP contribution >= 0.6 is 0 Å². The first-order valence-electron chi connectivity index (χ1n) is 15.9. The van der Waals surface area contributed by atoms with Gasteiger partial charge in [0.15, 0.2) is 5.96 Å². The molecule has 0 bridgehead atoms. The lowest BCUT2D eigenvalue weighted by molar-refractivity contribution is -0.384. The molecule has 2 aromatic carbocycles. The lowest BCUT2D eigenvalue weighted by atomic mass is 9.98. The largest absolute Gasteiger partial charge is 0.481 e. The van der Waals surface area contributed by atoms with Crippen LogP contribution in [0.5, 0.6) is 0 Å². The number of nitro groups is 1. The minimum absolute atomic E-state index is 0.0841. The van der Waals surface area contributed by atoms with Gasteiger partial charge in [-0.25, -0.2) is 0 Å². The number of likely N-dealkylation sites (tertiary alicyclic amines) is 1. The van der Waals surface area contributed by atoms with Gasteiger partial charge in [0.2, 0.25) is 17.7 Å². The van der Waals surface area contributed by atoms with Crippen molar-refractivity contribution in [3.63, 3.8) is 0 Å². The molecule has 11 N–H and O–H groups in total. The fourth-order valence-corrected chi connectivity index (χ4v) is 4.57. The number of carboxylic acids is 3. The number of nitrogens with one attached hydrogen (secondary N) is 2. The molecule has 0 unspecified atom stereocenters. The molecule has 0 radical (unpaired) electrons. The summed E-state index contributed by atoms with van der Waals surface area (Å²) in [6.07, 6.45) is 2.90. The Morgan fingerprint density at radius 2 is 1.46 bits per heavy atom. The van der Waals surface area contributed by atoms with Crippen molar-refractivity contribution in [3.05, 3.63) is 70.3 Å². The summed E-state index contributed by atoms with van der Waals surface area (Å²) >= 11 is 0. The highest BCUT2D eigenvalue weighted by atomic mass is 16.6. The van der Waals surface area contributed by atoms with Crippen molar-refractivity contribution in [2.24, 2.45) is 22.2 Å². The highest BCUT2D eigenvalue weighted by Crippen LogP contribution is 2.20. The predicted octanol–water partition coefficient (Wildman–Crippen LogP) is 1.30. The number of nitrogens with two attached hydrogens (primary N) is 3. The highest BCUT2D eigenvalue weighted by molar-refractivity contribution is 5.98. The zero-order chi connectivity index (χ0) is 39.8. The molecule has 1 fully saturated rings. The molecule has 19 heteroatoms. The molecule has 3 rings (SSSR count). The fraction of sp³-hybridized carbons (Fsp3) is 0.424. The van der Waals surface area contributed by atoms with Crippen LogP contribution in [0.2, 0.25) is 0 Å². The summed E-state index contributed by atoms with van der Waals surface area (Å²) < 4.78 is 0. The van der Waals surface area contributed by atoms with E-state index in [1.807, 2.05) is 30.3 Å². The third kappa shape index (κ3) is 21.1. The van der Waals surface area contributed by atoms with Gasteiger partial charge in [-0.15, -0.1) is 0 Å². The number of hydrogen-bond donors (Lipinski definition) is 8. The summed E-state index contributed by atoms with van der Waals surface area (Å²) in [4.78, 5) is 82.7. The van der Waals surface area contributed by atoms with Crippen LogP contribution in [0.15, 0.2) is 59.6 Å². The Morgan fingerprint density at radius 1 is 0.923 bits per heavy atom. The van der Waals surface area contributed by atoms with E-state index in [-0.39, 0.29) is 30.5 Å². The van der Waals surface area contributed by atoms with Crippen LogP contribution in [0.4, 0.5) is 11.4 Å². The van der Waals surface area contributed by atoms with E-state index < -0.39 is 52.8 Å². The number of aliphatic imine (C=N–C) groups is 1. The molecular weight excluding hydrogens is 684 g/mol. The Hall–Kier alpha value is -6.11. The van der Waals surface area contributed by atoms with E-state index in [1.54, 1.807) is 0 Å². The Labute approximate surface area is 300 Å². The molecule has 0 aliphatic carbocycles. The highest BCUT2D eigenvalue weighted by Gasteiger charge is 2.36. The number of piperidine rings is 1. The first kappa shape index (κ1) is 45.9. The van der Waals surface area contributed by atoms with Gasteiger partial charge in [-0.05, 0) is 56.2 Å². The maximum atomic E-state index is 13.5. The molecule has 0 spiro atoms. The first-order chi connectivity index (χ1) is 24.3. The summed E-state index contributed by atoms with van der Waals surface area (Å²) in [6.45, 7) is 3.89. The second kappa shape index (κ2) is 24.9. The summed E-state index contributed by atoms with van der Waals surface area (Å²) in [5, 5.41) is 38.7. The minimum atomic E-state index is -0.964. The Bertz CT molecular complexity index is 1460. The molecule has 1 aliphatic rings. The number of non-ortho nitro benzene ring substituents is 1. The van der Waals surface area contributed by atoms with Gasteiger partial charge >= 0.3 is 0 Å². The van der Waals surface area contributed by atoms with Crippen molar-refractivity contribution < 1.29 is 49.0 Å². The topological polar surface area (TPSA) is 324 Å². The van der Waals surface area contributed by atoms with E-state index in [4.69, 9.17) is 46.9 Å². The number of anilines is 1. The van der Waals surface area contributed by atoms with Gasteiger partial charge in [0, 0.05) is 51.7 Å². The predicted molar refractivity (Wildman–Crippen MR) is 191 cm³/mol. The minimum Gasteiger partial charge on any atom is -0.481 e. The van der Waals surface area contributed by atoms with Crippen molar-refractivity contribution in [3.8, 4) is 0 Å². The van der Waals surface area contributed by atoms with Gasteiger partial charge in [-0.3, -0.25) is 43.9 Å². The fourth-order valence-electron chi connectivity index (χ4n) is 4.57. The Morgan fingerprint density at radius 3 is 1.96 bits per heavy atom. The third-order valence-electron chi connectivity index (χ3n) is 6.63. The summed E-state index contributed by atoms with van der Waals surface area (Å²) in [5.41, 5.74) is 18.2. The Balaban J connectivity index is 0.00000188. The maximum absolute atomic E-state index is 13.5. The zero-order valence-electron chi connectivity index (χ0n) is 29.3. The SMILES string of the molecule is CC(=O)O.CC(=O)O.CC(=O)O.NC(N)=NCCC[C@H](NC(=O)[C@@H]1CCCCN1C(=O)[C@H](N)Cc1ccccc1)C(=O)Nc1ccc([N+](=O)[O-])cc1. The van der Waals surface area contributed by atoms with E-state index in [9.17, 15) is 24.5 Å². The van der Waals surface area contributed by atoms with Gasteiger partial charge in [-0.1, -0.05) is 30.3 Å². The van der Waals surface area contributed by atoms with Gasteiger partial charge in [0.25, 0.3) is 23.6 Å². The molecule has 0 aromatic heterocycles. The summed E-state index contributed by atoms with van der Waals surface area (Å²) in [7, 11) is 0. The van der Waals surface area contributed by atoms with E-state index in [0.717, 1.165) is 39.2 Å². The number of guanidine groups is 1. The normalized spacial score (nSPS) is 14.0. The Kier molecular flexibility index (Phi) is 22.0. The number of hydrogen-bond acceptors (Lipinski definition) is 10. The van der Waals surface area contributed by atoms with E-state index in [1.165, 1.54) is 29.2 Å². The second-order valence-corrected chi connectivity index (χ2v) is 11.2. The maximum Gasteiger partial charge on any atom is 0.300 e. The number of aliphatic carboxylic acids is 3. The average molecular weight is 733 g/mol. The van der Waals surface area contributed by atoms with Crippen LogP contribution < -0.4 is 27.8 Å². The quantitative estimate of drug-likeness (QED) is 0.0501. The number of nitro benzene ring substituents is 1. The number of nitrogens with zero attached hydrogens (tertiary/aromatic N) is 3. The van der Waals surface area contributed by atoms with Crippen molar-refractivity contribution in [1.29, 1.82) is 0 Å². The van der Waals surface area contributed by atoms with E-state index in [0.29, 0.717) is 31.5 Å². The number of amides is 3. The van der Waals surface area contributed by atoms with E-state index in [2.05, 4.69) is 15.6 Å². The van der Waals surface area contributed by atoms with Crippen molar-refractivity contribution >= 4 is 53.0 Å². The molecule has 1 saturated heterocycles. The molecule has 19 nitrogen and oxygen atoms in total. The van der Waals surface area contributed by atoms with Crippen molar-refractivity contribution in [2.45, 2.75) is 77.4 Å². The standard InChI is InChI=1S/C27H36N8O5.3C2H4O2/c28-21(17-18-7-2-1-3-8-18)26(38)34-16-5-4-10-23(34)25(37)33-22(9-6-15-31-27(29)30)24(36)32-19-11-13-20(14-12-19)35(39)40;3*1-2(3)4/h1-3,7-8,11-14,21-23H,4-6,9-10,15-17,28H2,(H,32,36)(H,33,37)(H4,29,30,31);3*1H3,(H,3,4)/t21-,22+,23+;;;/m1.../s1. The van der Waals surface area contributed by atoms with Crippen LogP contribution in [0, 0.1) is 10.1 Å². The zero-order valence-corrected chi connectivity index (χ0v) is 29.3. The number of carboxylic acid groups (broad SMARTS) is 3. The van der Waals surface area contributed by atoms with Crippen LogP contribution in [-0.2, 0) is 35.2 Å². The number of benzene rings is 2. The molecule has 52 heavy (non-hydrogen) atoms. The molecule has 286 valence electrons. The van der Waals surface area contributed by atoms with Gasteiger partial charge in [0.05, 0.1) is 11.0 Å². The van der Waals surface area contributed by atoms with Gasteiger partial charge in [0.1, 0.15) is 12.1 Å². The van der Waals surface area contributed by atoms with Crippen LogP contribution in [0.1, 0.15) is 58.4 Å². The average Bonchev–Trinajstić information content (AvgIpc) is 3.05. The third-order valence-corrected chi connectivity index (χ3v) is 6.63. The lowest BCUT2D eigenvalue weighted by Crippen LogP contribution is -2.58. The second-order valence-electron chi connectivity index (χ2n) is 11.2. The molecule has 3 amide bonds. The smallest absolute Gasteiger partial charge is 0.300 e. The lowest BCUT2D eigenvalue weighted by Gasteiger charge is -2.37. The number of carbonyl (C=O) groups is 6. The van der Waals surface area contributed by atoms with E-state index >= 15 is 0 Å². The number of carbonyl (C=O) groups excluding carboxylic acids is 3. The monoisotopic (exact) mass is 732 g/mol. The van der Waals surface area contributed by atoms with Gasteiger partial charge in [-0.2, -0.15) is 0 Å². The van der Waals surface area contributed by atoms with Crippen LogP contribution in [0.3, 0.4) is 0 Å². The molecule has 1 heterocycles. The van der Waals surface area contributed by atoms with Crippen molar-refractivity contribution in [2.75, 3.05) is 18.4 Å². The molecule has 3 atom stereocenters. The summed E-state index contributed by atoms with van der Waals surface area (Å²) in [5.74, 6) is -3.87. The van der Waals surface area contributed by atoms with Gasteiger partial charge < -0.3 is 48.1 Å². The van der Waals surface area contributed by atoms with Crippen LogP contribution in [-0.4, -0.2) is 97.9 Å². The van der Waals surface area contributed by atoms with Crippen LogP contribution in [0.25, 0.3) is 0 Å². The molecule has 0 saturated carbocycles. The molecular formula is C33H48N8O11. The number of rotatable bonds is 12. The summed E-state index contributed by atoms with van der Waals surface area (Å²) in [6, 6.07) is 12.2. The molecule has 1 aliphatic heterocycles.